The van der Waals surface area contributed by atoms with Crippen LogP contribution in [-0.2, 0) is 4.79 Å². The van der Waals surface area contributed by atoms with Gasteiger partial charge in [0.15, 0.2) is 0 Å². The molecule has 0 unspecified atom stereocenters. The van der Waals surface area contributed by atoms with Gasteiger partial charge in [-0.25, -0.2) is 4.98 Å². The van der Waals surface area contributed by atoms with E-state index in [1.807, 2.05) is 24.3 Å². The summed E-state index contributed by atoms with van der Waals surface area (Å²) in [6.45, 7) is 1.34. The zero-order valence-corrected chi connectivity index (χ0v) is 15.1. The van der Waals surface area contributed by atoms with E-state index in [0.29, 0.717) is 11.4 Å². The smallest absolute Gasteiger partial charge is 0.255 e. The molecule has 0 aliphatic carbocycles. The highest BCUT2D eigenvalue weighted by atomic mass is 16.3. The topological polar surface area (TPSA) is 91.3 Å². The second-order valence-electron chi connectivity index (χ2n) is 5.91. The molecular weight excluding hydrogens is 354 g/mol. The van der Waals surface area contributed by atoms with Gasteiger partial charge < -0.3 is 15.7 Å². The van der Waals surface area contributed by atoms with Crippen molar-refractivity contribution in [2.45, 2.75) is 6.92 Å². The first-order valence-corrected chi connectivity index (χ1v) is 8.46. The fourth-order valence-electron chi connectivity index (χ4n) is 2.42. The average molecular weight is 371 g/mol. The zero-order valence-electron chi connectivity index (χ0n) is 15.1. The lowest BCUT2D eigenvalue weighted by atomic mass is 10.1. The molecular formula is C22H17N3O3. The molecule has 0 spiro atoms. The maximum absolute atomic E-state index is 12.4. The number of anilines is 2. The Bertz CT molecular complexity index is 1080. The van der Waals surface area contributed by atoms with E-state index < -0.39 is 0 Å². The van der Waals surface area contributed by atoms with Crippen LogP contribution < -0.4 is 10.6 Å². The first-order chi connectivity index (χ1) is 13.5. The number of phenolic OH excluding ortho intramolecular Hbond substituents is 1. The molecule has 0 saturated carbocycles. The largest absolute Gasteiger partial charge is 0.506 e. The lowest BCUT2D eigenvalue weighted by Crippen LogP contribution is -2.12. The Balaban J connectivity index is 1.73. The fraction of sp³-hybridized carbons (Fsp3) is 0.0455. The van der Waals surface area contributed by atoms with Gasteiger partial charge in [-0.05, 0) is 54.5 Å². The zero-order chi connectivity index (χ0) is 19.9. The van der Waals surface area contributed by atoms with E-state index in [1.165, 1.54) is 25.1 Å². The fourth-order valence-corrected chi connectivity index (χ4v) is 2.42. The molecule has 138 valence electrons. The Morgan fingerprint density at radius 1 is 0.964 bits per heavy atom. The van der Waals surface area contributed by atoms with Crippen LogP contribution in [0.25, 0.3) is 0 Å². The second kappa shape index (κ2) is 8.52. The summed E-state index contributed by atoms with van der Waals surface area (Å²) in [4.78, 5) is 27.7. The maximum Gasteiger partial charge on any atom is 0.255 e. The monoisotopic (exact) mass is 371 g/mol. The van der Waals surface area contributed by atoms with Gasteiger partial charge in [0, 0.05) is 29.9 Å². The van der Waals surface area contributed by atoms with Gasteiger partial charge in [0.1, 0.15) is 11.4 Å². The maximum atomic E-state index is 12.4. The number of aromatic nitrogens is 1. The Kier molecular flexibility index (Phi) is 5.68. The van der Waals surface area contributed by atoms with Crippen LogP contribution in [0.5, 0.6) is 5.75 Å². The molecule has 1 aromatic heterocycles. The van der Waals surface area contributed by atoms with Crippen LogP contribution >= 0.6 is 0 Å². The van der Waals surface area contributed by atoms with Crippen LogP contribution in [0.1, 0.15) is 28.5 Å². The third kappa shape index (κ3) is 4.96. The number of benzene rings is 2. The van der Waals surface area contributed by atoms with Crippen LogP contribution in [0.4, 0.5) is 11.4 Å². The Morgan fingerprint density at radius 3 is 2.54 bits per heavy atom. The highest BCUT2D eigenvalue weighted by Crippen LogP contribution is 2.24. The first-order valence-electron chi connectivity index (χ1n) is 8.46. The van der Waals surface area contributed by atoms with Gasteiger partial charge in [-0.15, -0.1) is 0 Å². The summed E-state index contributed by atoms with van der Waals surface area (Å²) < 4.78 is 0. The molecule has 1 heterocycles. The Hall–Kier alpha value is -4.11. The molecule has 0 aliphatic rings. The summed E-state index contributed by atoms with van der Waals surface area (Å²) in [6, 6.07) is 16.9. The molecule has 3 rings (SSSR count). The highest BCUT2D eigenvalue weighted by molar-refractivity contribution is 6.05. The highest BCUT2D eigenvalue weighted by Gasteiger charge is 2.10. The van der Waals surface area contributed by atoms with E-state index in [-0.39, 0.29) is 28.8 Å². The van der Waals surface area contributed by atoms with E-state index >= 15 is 0 Å². The third-order valence-electron chi connectivity index (χ3n) is 3.69. The molecule has 2 aromatic carbocycles. The van der Waals surface area contributed by atoms with Gasteiger partial charge in [0.05, 0.1) is 5.69 Å². The summed E-state index contributed by atoms with van der Waals surface area (Å²) >= 11 is 0. The van der Waals surface area contributed by atoms with E-state index in [9.17, 15) is 14.7 Å². The molecule has 3 N–H and O–H groups in total. The molecule has 28 heavy (non-hydrogen) atoms. The molecule has 6 nitrogen and oxygen atoms in total. The summed E-state index contributed by atoms with van der Waals surface area (Å²) in [5.41, 5.74) is 2.47. The van der Waals surface area contributed by atoms with Crippen molar-refractivity contribution >= 4 is 23.2 Å². The molecule has 3 aromatic rings. The van der Waals surface area contributed by atoms with Crippen LogP contribution in [0, 0.1) is 11.8 Å². The van der Waals surface area contributed by atoms with Crippen molar-refractivity contribution in [3.05, 3.63) is 83.7 Å². The summed E-state index contributed by atoms with van der Waals surface area (Å²) in [5, 5.41) is 15.2. The van der Waals surface area contributed by atoms with Crippen molar-refractivity contribution in [2.24, 2.45) is 0 Å². The lowest BCUT2D eigenvalue weighted by Gasteiger charge is -2.09. The molecule has 0 fully saturated rings. The van der Waals surface area contributed by atoms with Gasteiger partial charge in [0.25, 0.3) is 5.91 Å². The molecule has 0 atom stereocenters. The second-order valence-corrected chi connectivity index (χ2v) is 5.91. The van der Waals surface area contributed by atoms with Crippen LogP contribution in [0.2, 0.25) is 0 Å². The Labute approximate surface area is 162 Å². The number of hydrogen-bond acceptors (Lipinski definition) is 4. The van der Waals surface area contributed by atoms with Gasteiger partial charge in [-0.1, -0.05) is 18.1 Å². The van der Waals surface area contributed by atoms with Crippen molar-refractivity contribution < 1.29 is 14.7 Å². The van der Waals surface area contributed by atoms with Crippen molar-refractivity contribution in [2.75, 3.05) is 10.6 Å². The van der Waals surface area contributed by atoms with Gasteiger partial charge >= 0.3 is 0 Å². The molecule has 0 aliphatic heterocycles. The lowest BCUT2D eigenvalue weighted by molar-refractivity contribution is -0.114. The number of hydrogen-bond donors (Lipinski definition) is 3. The van der Waals surface area contributed by atoms with Crippen molar-refractivity contribution in [3.8, 4) is 17.6 Å². The predicted molar refractivity (Wildman–Crippen MR) is 107 cm³/mol. The summed E-state index contributed by atoms with van der Waals surface area (Å²) in [6.07, 6.45) is 1.67. The quantitative estimate of drug-likeness (QED) is 0.486. The van der Waals surface area contributed by atoms with Crippen molar-refractivity contribution in [1.29, 1.82) is 0 Å². The standard InChI is InChI=1S/C22H17N3O3/c1-15(26)24-20-11-9-17(14-21(20)27)22(28)25-19-7-4-5-16(13-19)8-10-18-6-2-3-12-23-18/h2-7,9,11-14,27H,1H3,(H,24,26)(H,25,28). The van der Waals surface area contributed by atoms with Crippen molar-refractivity contribution in [1.82, 2.24) is 4.98 Å². The molecule has 0 bridgehead atoms. The van der Waals surface area contributed by atoms with Crippen molar-refractivity contribution in [3.63, 3.8) is 0 Å². The van der Waals surface area contributed by atoms with Crippen LogP contribution in [-0.4, -0.2) is 21.9 Å². The minimum absolute atomic E-state index is 0.183. The van der Waals surface area contributed by atoms with E-state index in [2.05, 4.69) is 27.5 Å². The normalized spacial score (nSPS) is 9.75. The predicted octanol–water partition coefficient (Wildman–Crippen LogP) is 3.40. The molecule has 2 amide bonds. The van der Waals surface area contributed by atoms with E-state index in [1.54, 1.807) is 24.4 Å². The molecule has 0 radical (unpaired) electrons. The number of nitrogens with zero attached hydrogens (tertiary/aromatic N) is 1. The van der Waals surface area contributed by atoms with Gasteiger partial charge in [-0.3, -0.25) is 9.59 Å². The average Bonchev–Trinajstić information content (AvgIpc) is 2.69. The van der Waals surface area contributed by atoms with Crippen LogP contribution in [0.15, 0.2) is 66.9 Å². The Morgan fingerprint density at radius 2 is 1.82 bits per heavy atom. The number of nitrogens with one attached hydrogen (secondary N) is 2. The number of rotatable bonds is 3. The van der Waals surface area contributed by atoms with Gasteiger partial charge in [-0.2, -0.15) is 0 Å². The number of carbonyl (C=O) groups is 2. The van der Waals surface area contributed by atoms with Gasteiger partial charge in [0.2, 0.25) is 5.91 Å². The van der Waals surface area contributed by atoms with E-state index in [0.717, 1.165) is 5.56 Å². The number of amides is 2. The minimum Gasteiger partial charge on any atom is -0.506 e. The number of aromatic hydroxyl groups is 1. The number of phenols is 1. The first kappa shape index (κ1) is 18.7. The summed E-state index contributed by atoms with van der Waals surface area (Å²) in [7, 11) is 0. The third-order valence-corrected chi connectivity index (χ3v) is 3.69. The minimum atomic E-state index is -0.389. The van der Waals surface area contributed by atoms with Crippen LogP contribution in [0.3, 0.4) is 0 Å². The summed E-state index contributed by atoms with van der Waals surface area (Å²) in [5.74, 6) is 5.09. The van der Waals surface area contributed by atoms with E-state index in [4.69, 9.17) is 0 Å². The molecule has 6 heteroatoms. The molecule has 0 saturated heterocycles. The number of carbonyl (C=O) groups excluding carboxylic acids is 2. The SMILES string of the molecule is CC(=O)Nc1ccc(C(=O)Nc2cccc(C#Cc3ccccn3)c2)cc1O. The number of pyridine rings is 1.